The zero-order chi connectivity index (χ0) is 14.2. The molecule has 0 aliphatic carbocycles. The van der Waals surface area contributed by atoms with Gasteiger partial charge in [0, 0.05) is 0 Å². The third kappa shape index (κ3) is 2.65. The number of nitrogens with two attached hydrogens (primary N) is 1. The highest BCUT2D eigenvalue weighted by molar-refractivity contribution is 6.16. The molecule has 0 atom stereocenters. The molecule has 0 bridgehead atoms. The van der Waals surface area contributed by atoms with Crippen LogP contribution in [0.25, 0.3) is 11.0 Å². The lowest BCUT2D eigenvalue weighted by Gasteiger charge is -2.07. The largest absolute Gasteiger partial charge is 0.416 e. The number of nitrogens with zero attached hydrogens (tertiary/aromatic N) is 2. The van der Waals surface area contributed by atoms with Crippen LogP contribution >= 0.6 is 11.6 Å². The predicted molar refractivity (Wildman–Crippen MR) is 63.5 cm³/mol. The van der Waals surface area contributed by atoms with Crippen molar-refractivity contribution in [2.24, 2.45) is 5.73 Å². The number of primary amides is 1. The number of fused-ring (bicyclic) bond motifs is 1. The van der Waals surface area contributed by atoms with Gasteiger partial charge in [-0.25, -0.2) is 4.98 Å². The monoisotopic (exact) mass is 291 g/mol. The number of alkyl halides is 4. The van der Waals surface area contributed by atoms with E-state index < -0.39 is 17.6 Å². The van der Waals surface area contributed by atoms with E-state index >= 15 is 0 Å². The lowest BCUT2D eigenvalue weighted by molar-refractivity contribution is -0.137. The number of imidazole rings is 1. The highest BCUT2D eigenvalue weighted by atomic mass is 35.5. The molecule has 8 heteroatoms. The number of aromatic nitrogens is 2. The zero-order valence-electron chi connectivity index (χ0n) is 9.54. The highest BCUT2D eigenvalue weighted by Crippen LogP contribution is 2.31. The fraction of sp³-hybridized carbons (Fsp3) is 0.273. The molecule has 0 saturated heterocycles. The van der Waals surface area contributed by atoms with Crippen molar-refractivity contribution in [2.45, 2.75) is 18.6 Å². The number of hydrogen-bond acceptors (Lipinski definition) is 2. The molecule has 0 fully saturated rings. The van der Waals surface area contributed by atoms with Crippen LogP contribution in [0.5, 0.6) is 0 Å². The van der Waals surface area contributed by atoms with Crippen molar-refractivity contribution in [3.05, 3.63) is 29.6 Å². The second kappa shape index (κ2) is 4.73. The summed E-state index contributed by atoms with van der Waals surface area (Å²) >= 11 is 5.66. The third-order valence-corrected chi connectivity index (χ3v) is 2.83. The van der Waals surface area contributed by atoms with Crippen LogP contribution in [0.3, 0.4) is 0 Å². The average Bonchev–Trinajstić information content (AvgIpc) is 2.65. The van der Waals surface area contributed by atoms with E-state index in [0.717, 1.165) is 12.1 Å². The van der Waals surface area contributed by atoms with Gasteiger partial charge < -0.3 is 10.3 Å². The molecule has 19 heavy (non-hydrogen) atoms. The van der Waals surface area contributed by atoms with Crippen LogP contribution in [0.4, 0.5) is 13.2 Å². The fourth-order valence-corrected chi connectivity index (χ4v) is 1.99. The van der Waals surface area contributed by atoms with Gasteiger partial charge in [0.15, 0.2) is 0 Å². The summed E-state index contributed by atoms with van der Waals surface area (Å²) in [5.41, 5.74) is 4.81. The third-order valence-electron chi connectivity index (χ3n) is 2.59. The quantitative estimate of drug-likeness (QED) is 0.882. The molecule has 0 aliphatic rings. The van der Waals surface area contributed by atoms with Crippen LogP contribution < -0.4 is 5.73 Å². The number of carbonyl (C=O) groups excluding carboxylic acids is 1. The van der Waals surface area contributed by atoms with E-state index in [-0.39, 0.29) is 17.9 Å². The molecule has 1 heterocycles. The molecular weight excluding hydrogens is 283 g/mol. The topological polar surface area (TPSA) is 60.9 Å². The molecule has 0 unspecified atom stereocenters. The Morgan fingerprint density at radius 1 is 1.42 bits per heavy atom. The first-order chi connectivity index (χ1) is 8.82. The Balaban J connectivity index is 2.60. The maximum Gasteiger partial charge on any atom is 0.416 e. The van der Waals surface area contributed by atoms with Gasteiger partial charge in [-0.05, 0) is 18.2 Å². The minimum absolute atomic E-state index is 0.0245. The normalized spacial score (nSPS) is 12.0. The molecule has 0 saturated carbocycles. The molecule has 2 rings (SSSR count). The zero-order valence-corrected chi connectivity index (χ0v) is 10.3. The van der Waals surface area contributed by atoms with Crippen molar-refractivity contribution in [1.82, 2.24) is 9.55 Å². The summed E-state index contributed by atoms with van der Waals surface area (Å²) in [5, 5.41) is 0. The minimum atomic E-state index is -4.44. The van der Waals surface area contributed by atoms with Gasteiger partial charge in [-0.15, -0.1) is 11.6 Å². The van der Waals surface area contributed by atoms with Crippen LogP contribution in [0.1, 0.15) is 11.4 Å². The molecule has 0 radical (unpaired) electrons. The maximum absolute atomic E-state index is 12.6. The lowest BCUT2D eigenvalue weighted by Crippen LogP contribution is -2.19. The van der Waals surface area contributed by atoms with Gasteiger partial charge in [-0.2, -0.15) is 13.2 Å². The summed E-state index contributed by atoms with van der Waals surface area (Å²) in [6.45, 7) is -0.177. The van der Waals surface area contributed by atoms with Gasteiger partial charge in [0.1, 0.15) is 12.4 Å². The number of rotatable bonds is 3. The van der Waals surface area contributed by atoms with E-state index in [1.165, 1.54) is 10.6 Å². The van der Waals surface area contributed by atoms with E-state index in [2.05, 4.69) is 4.98 Å². The Labute approximate surface area is 111 Å². The number of benzene rings is 1. The van der Waals surface area contributed by atoms with Gasteiger partial charge in [0.2, 0.25) is 5.91 Å². The Bertz CT molecular complexity index is 636. The van der Waals surface area contributed by atoms with Gasteiger partial charge in [-0.3, -0.25) is 4.79 Å². The average molecular weight is 292 g/mol. The van der Waals surface area contributed by atoms with Crippen LogP contribution in [-0.2, 0) is 23.4 Å². The molecule has 0 spiro atoms. The summed E-state index contributed by atoms with van der Waals surface area (Å²) in [5.74, 6) is -0.344. The van der Waals surface area contributed by atoms with Crippen molar-refractivity contribution in [2.75, 3.05) is 0 Å². The minimum Gasteiger partial charge on any atom is -0.368 e. The van der Waals surface area contributed by atoms with E-state index in [4.69, 9.17) is 17.3 Å². The van der Waals surface area contributed by atoms with Gasteiger partial charge in [0.05, 0.1) is 22.5 Å². The van der Waals surface area contributed by atoms with Crippen molar-refractivity contribution in [1.29, 1.82) is 0 Å². The molecule has 0 aliphatic heterocycles. The van der Waals surface area contributed by atoms with Crippen LogP contribution in [0, 0.1) is 0 Å². The number of halogens is 4. The molecule has 4 nitrogen and oxygen atoms in total. The highest BCUT2D eigenvalue weighted by Gasteiger charge is 2.31. The Morgan fingerprint density at radius 3 is 2.63 bits per heavy atom. The SMILES string of the molecule is NC(=O)Cn1c(CCl)nc2cc(C(F)(F)F)ccc21. The van der Waals surface area contributed by atoms with E-state index in [9.17, 15) is 18.0 Å². The number of hydrogen-bond donors (Lipinski definition) is 1. The van der Waals surface area contributed by atoms with Gasteiger partial charge >= 0.3 is 6.18 Å². The lowest BCUT2D eigenvalue weighted by atomic mass is 10.2. The van der Waals surface area contributed by atoms with E-state index in [1.807, 2.05) is 0 Å². The summed E-state index contributed by atoms with van der Waals surface area (Å²) in [7, 11) is 0. The van der Waals surface area contributed by atoms with Crippen molar-refractivity contribution >= 4 is 28.5 Å². The summed E-state index contributed by atoms with van der Waals surface area (Å²) in [6.07, 6.45) is -4.44. The van der Waals surface area contributed by atoms with Gasteiger partial charge in [-0.1, -0.05) is 0 Å². The summed E-state index contributed by atoms with van der Waals surface area (Å²) in [4.78, 5) is 14.9. The molecule has 2 N–H and O–H groups in total. The summed E-state index contributed by atoms with van der Waals surface area (Å²) < 4.78 is 39.1. The fourth-order valence-electron chi connectivity index (χ4n) is 1.79. The first-order valence-electron chi connectivity index (χ1n) is 5.23. The summed E-state index contributed by atoms with van der Waals surface area (Å²) in [6, 6.07) is 3.10. The molecule has 1 amide bonds. The Morgan fingerprint density at radius 2 is 2.11 bits per heavy atom. The first-order valence-corrected chi connectivity index (χ1v) is 5.77. The maximum atomic E-state index is 12.6. The van der Waals surface area contributed by atoms with Crippen molar-refractivity contribution in [3.63, 3.8) is 0 Å². The molecule has 2 aromatic rings. The van der Waals surface area contributed by atoms with Crippen molar-refractivity contribution in [3.8, 4) is 0 Å². The molecule has 102 valence electrons. The van der Waals surface area contributed by atoms with Crippen LogP contribution in [-0.4, -0.2) is 15.5 Å². The van der Waals surface area contributed by atoms with Crippen molar-refractivity contribution < 1.29 is 18.0 Å². The first kappa shape index (κ1) is 13.7. The van der Waals surface area contributed by atoms with E-state index in [1.54, 1.807) is 0 Å². The molecule has 1 aromatic heterocycles. The molecular formula is C11H9ClF3N3O. The molecule has 1 aromatic carbocycles. The number of amides is 1. The number of carbonyl (C=O) groups is 1. The standard InChI is InChI=1S/C11H9ClF3N3O/c12-4-10-17-7-3-6(11(13,14)15)1-2-8(7)18(10)5-9(16)19/h1-3H,4-5H2,(H2,16,19). The second-order valence-corrected chi connectivity index (χ2v) is 4.18. The predicted octanol–water partition coefficient (Wildman–Crippen LogP) is 2.28. The van der Waals surface area contributed by atoms with E-state index in [0.29, 0.717) is 11.3 Å². The van der Waals surface area contributed by atoms with Crippen LogP contribution in [0.15, 0.2) is 18.2 Å². The Kier molecular flexibility index (Phi) is 3.40. The van der Waals surface area contributed by atoms with Crippen LogP contribution in [0.2, 0.25) is 0 Å². The smallest absolute Gasteiger partial charge is 0.368 e. The second-order valence-electron chi connectivity index (χ2n) is 3.92. The van der Waals surface area contributed by atoms with Gasteiger partial charge in [0.25, 0.3) is 0 Å². The Hall–Kier alpha value is -1.76.